The molecule has 10 heteroatoms. The predicted octanol–water partition coefficient (Wildman–Crippen LogP) is 2.60. The molecule has 2 aromatic carbocycles. The molecule has 2 aromatic rings. The first-order valence-corrected chi connectivity index (χ1v) is 11.3. The van der Waals surface area contributed by atoms with Gasteiger partial charge >= 0.3 is 6.03 Å². The number of hydrogen-bond donors (Lipinski definition) is 1. The molecular weight excluding hydrogens is 463 g/mol. The van der Waals surface area contributed by atoms with Crippen molar-refractivity contribution in [1.82, 2.24) is 20.0 Å². The van der Waals surface area contributed by atoms with Crippen LogP contribution in [0.2, 0.25) is 5.02 Å². The Morgan fingerprint density at radius 1 is 1.12 bits per heavy atom. The van der Waals surface area contributed by atoms with Crippen LogP contribution in [0.25, 0.3) is 0 Å². The zero-order valence-electron chi connectivity index (χ0n) is 19.0. The van der Waals surface area contributed by atoms with Crippen molar-refractivity contribution in [2.45, 2.75) is 19.0 Å². The number of nitrogens with zero attached hydrogens (tertiary/aromatic N) is 3. The fourth-order valence-corrected chi connectivity index (χ4v) is 4.48. The fraction of sp³-hybridized carbons (Fsp3) is 0.375. The Morgan fingerprint density at radius 3 is 2.41 bits per heavy atom. The standard InChI is InChI=1S/C24H26ClFN4O4/c1-24(16-6-8-17(34-2)9-7-16)22(32)30(23(33)27-24)15-21(31)29-12-10-28(11-13-29)14-18-19(25)4-3-5-20(18)26/h3-9H,10-15H2,1-2H3,(H,27,33). The zero-order valence-corrected chi connectivity index (χ0v) is 19.8. The third kappa shape index (κ3) is 4.58. The second kappa shape index (κ2) is 9.60. The number of amides is 4. The van der Waals surface area contributed by atoms with E-state index in [1.165, 1.54) is 6.07 Å². The van der Waals surface area contributed by atoms with Crippen LogP contribution in [0.5, 0.6) is 5.75 Å². The maximum Gasteiger partial charge on any atom is 0.325 e. The first kappa shape index (κ1) is 24.0. The van der Waals surface area contributed by atoms with E-state index >= 15 is 0 Å². The highest BCUT2D eigenvalue weighted by Gasteiger charge is 2.49. The van der Waals surface area contributed by atoms with Gasteiger partial charge in [-0.1, -0.05) is 29.8 Å². The summed E-state index contributed by atoms with van der Waals surface area (Å²) in [5.41, 5.74) is -0.232. The Hall–Kier alpha value is -3.17. The van der Waals surface area contributed by atoms with Crippen molar-refractivity contribution in [3.63, 3.8) is 0 Å². The van der Waals surface area contributed by atoms with Crippen LogP contribution in [0.3, 0.4) is 0 Å². The van der Waals surface area contributed by atoms with Crippen LogP contribution in [-0.4, -0.2) is 72.4 Å². The van der Waals surface area contributed by atoms with E-state index in [1.807, 2.05) is 4.90 Å². The Labute approximate surface area is 202 Å². The van der Waals surface area contributed by atoms with Gasteiger partial charge in [0.05, 0.1) is 7.11 Å². The fourth-order valence-electron chi connectivity index (χ4n) is 4.26. The van der Waals surface area contributed by atoms with E-state index < -0.39 is 17.5 Å². The van der Waals surface area contributed by atoms with Crippen LogP contribution in [-0.2, 0) is 21.7 Å². The summed E-state index contributed by atoms with van der Waals surface area (Å²) in [6.07, 6.45) is 0. The molecule has 1 atom stereocenters. The molecule has 4 amide bonds. The molecule has 34 heavy (non-hydrogen) atoms. The minimum absolute atomic E-state index is 0.314. The molecule has 2 fully saturated rings. The number of carbonyl (C=O) groups is 3. The largest absolute Gasteiger partial charge is 0.497 e. The van der Waals surface area contributed by atoms with E-state index in [0.717, 1.165) is 4.90 Å². The van der Waals surface area contributed by atoms with Gasteiger partial charge in [0.2, 0.25) is 5.91 Å². The summed E-state index contributed by atoms with van der Waals surface area (Å²) in [5, 5.41) is 3.08. The SMILES string of the molecule is COc1ccc(C2(C)NC(=O)N(CC(=O)N3CCN(Cc4c(F)cccc4Cl)CC3)C2=O)cc1. The number of urea groups is 1. The Balaban J connectivity index is 1.35. The van der Waals surface area contributed by atoms with E-state index in [2.05, 4.69) is 5.32 Å². The van der Waals surface area contributed by atoms with Gasteiger partial charge in [0.15, 0.2) is 0 Å². The molecule has 2 heterocycles. The third-order valence-electron chi connectivity index (χ3n) is 6.40. The van der Waals surface area contributed by atoms with Gasteiger partial charge in [0.1, 0.15) is 23.7 Å². The molecule has 1 N–H and O–H groups in total. The topological polar surface area (TPSA) is 82.2 Å². The average molecular weight is 489 g/mol. The van der Waals surface area contributed by atoms with Crippen molar-refractivity contribution in [2.24, 2.45) is 0 Å². The van der Waals surface area contributed by atoms with E-state index in [4.69, 9.17) is 16.3 Å². The minimum atomic E-state index is -1.26. The summed E-state index contributed by atoms with van der Waals surface area (Å²) in [6, 6.07) is 10.8. The number of nitrogens with one attached hydrogen (secondary N) is 1. The van der Waals surface area contributed by atoms with E-state index in [0.29, 0.717) is 54.6 Å². The van der Waals surface area contributed by atoms with Gasteiger partial charge in [-0.05, 0) is 36.8 Å². The van der Waals surface area contributed by atoms with E-state index in [-0.39, 0.29) is 18.3 Å². The first-order chi connectivity index (χ1) is 16.2. The number of carbonyl (C=O) groups excluding carboxylic acids is 3. The van der Waals surface area contributed by atoms with E-state index in [9.17, 15) is 18.8 Å². The van der Waals surface area contributed by atoms with Crippen LogP contribution in [0.4, 0.5) is 9.18 Å². The monoisotopic (exact) mass is 488 g/mol. The molecule has 0 saturated carbocycles. The summed E-state index contributed by atoms with van der Waals surface area (Å²) in [5.74, 6) is -0.521. The lowest BCUT2D eigenvalue weighted by molar-refractivity contribution is -0.140. The van der Waals surface area contributed by atoms with Crippen molar-refractivity contribution in [3.8, 4) is 5.75 Å². The van der Waals surface area contributed by atoms with Crippen LogP contribution in [0.15, 0.2) is 42.5 Å². The second-order valence-corrected chi connectivity index (χ2v) is 8.94. The van der Waals surface area contributed by atoms with Gasteiger partial charge in [-0.15, -0.1) is 0 Å². The highest BCUT2D eigenvalue weighted by atomic mass is 35.5. The van der Waals surface area contributed by atoms with Gasteiger partial charge < -0.3 is 15.0 Å². The number of piperazine rings is 1. The molecule has 0 bridgehead atoms. The van der Waals surface area contributed by atoms with Crippen LogP contribution in [0, 0.1) is 5.82 Å². The normalized spacial score (nSPS) is 21.1. The molecule has 2 aliphatic heterocycles. The molecule has 2 aliphatic rings. The molecule has 8 nitrogen and oxygen atoms in total. The highest BCUT2D eigenvalue weighted by molar-refractivity contribution is 6.31. The summed E-state index contributed by atoms with van der Waals surface area (Å²) < 4.78 is 19.2. The lowest BCUT2D eigenvalue weighted by Crippen LogP contribution is -2.51. The van der Waals surface area contributed by atoms with Crippen molar-refractivity contribution in [2.75, 3.05) is 39.8 Å². The van der Waals surface area contributed by atoms with Crippen molar-refractivity contribution >= 4 is 29.4 Å². The quantitative estimate of drug-likeness (QED) is 0.632. The summed E-state index contributed by atoms with van der Waals surface area (Å²) >= 11 is 6.12. The molecule has 0 spiro atoms. The van der Waals surface area contributed by atoms with Crippen molar-refractivity contribution < 1.29 is 23.5 Å². The van der Waals surface area contributed by atoms with E-state index in [1.54, 1.807) is 55.3 Å². The molecular formula is C24H26ClFN4O4. The number of benzene rings is 2. The number of hydrogen-bond acceptors (Lipinski definition) is 5. The molecule has 4 rings (SSSR count). The highest BCUT2D eigenvalue weighted by Crippen LogP contribution is 2.30. The number of methoxy groups -OCH3 is 1. The third-order valence-corrected chi connectivity index (χ3v) is 6.76. The zero-order chi connectivity index (χ0) is 24.5. The van der Waals surface area contributed by atoms with Crippen LogP contribution >= 0.6 is 11.6 Å². The molecule has 2 saturated heterocycles. The number of ether oxygens (including phenoxy) is 1. The van der Waals surface area contributed by atoms with Gasteiger partial charge in [-0.2, -0.15) is 0 Å². The Morgan fingerprint density at radius 2 is 1.79 bits per heavy atom. The molecule has 0 aromatic heterocycles. The Bertz CT molecular complexity index is 1080. The van der Waals surface area contributed by atoms with Crippen molar-refractivity contribution in [3.05, 3.63) is 64.4 Å². The lowest BCUT2D eigenvalue weighted by Gasteiger charge is -2.35. The van der Waals surface area contributed by atoms with Crippen LogP contribution in [0.1, 0.15) is 18.1 Å². The first-order valence-electron chi connectivity index (χ1n) is 10.9. The molecule has 1 unspecified atom stereocenters. The minimum Gasteiger partial charge on any atom is -0.497 e. The molecule has 180 valence electrons. The second-order valence-electron chi connectivity index (χ2n) is 8.53. The average Bonchev–Trinajstić information content (AvgIpc) is 3.05. The van der Waals surface area contributed by atoms with Crippen molar-refractivity contribution in [1.29, 1.82) is 0 Å². The summed E-state index contributed by atoms with van der Waals surface area (Å²) in [6.45, 7) is 3.50. The number of rotatable bonds is 6. The lowest BCUT2D eigenvalue weighted by atomic mass is 9.92. The van der Waals surface area contributed by atoms with Gasteiger partial charge in [-0.25, -0.2) is 9.18 Å². The number of imide groups is 1. The maximum atomic E-state index is 14.1. The van der Waals surface area contributed by atoms with Gasteiger partial charge in [-0.3, -0.25) is 19.4 Å². The predicted molar refractivity (Wildman–Crippen MR) is 124 cm³/mol. The summed E-state index contributed by atoms with van der Waals surface area (Å²) in [4.78, 5) is 43.2. The molecule has 0 radical (unpaired) electrons. The van der Waals surface area contributed by atoms with Crippen LogP contribution < -0.4 is 10.1 Å². The summed E-state index contributed by atoms with van der Waals surface area (Å²) in [7, 11) is 1.54. The maximum absolute atomic E-state index is 14.1. The smallest absolute Gasteiger partial charge is 0.325 e. The Kier molecular flexibility index (Phi) is 6.77. The number of halogens is 2. The van der Waals surface area contributed by atoms with Gasteiger partial charge in [0, 0.05) is 43.3 Å². The van der Waals surface area contributed by atoms with Gasteiger partial charge in [0.25, 0.3) is 5.91 Å². The molecule has 0 aliphatic carbocycles.